The van der Waals surface area contributed by atoms with E-state index in [-0.39, 0.29) is 17.4 Å². The predicted molar refractivity (Wildman–Crippen MR) is 278 cm³/mol. The summed E-state index contributed by atoms with van der Waals surface area (Å²) in [5.41, 5.74) is 15.1. The second-order valence-electron chi connectivity index (χ2n) is 19.5. The van der Waals surface area contributed by atoms with Gasteiger partial charge in [0.1, 0.15) is 0 Å². The van der Waals surface area contributed by atoms with Gasteiger partial charge < -0.3 is 19.4 Å². The molecule has 2 aromatic heterocycles. The smallest absolute Gasteiger partial charge is 0.193 e. The Morgan fingerprint density at radius 1 is 0.463 bits per heavy atom. The van der Waals surface area contributed by atoms with Crippen molar-refractivity contribution in [3.63, 3.8) is 0 Å². The summed E-state index contributed by atoms with van der Waals surface area (Å²) in [5.74, 6) is 0.448. The number of carbonyl (C=O) groups is 1. The Hall–Kier alpha value is -7.21. The van der Waals surface area contributed by atoms with Crippen molar-refractivity contribution in [1.82, 2.24) is 14.5 Å². The first-order valence-corrected chi connectivity index (χ1v) is 24.6. The zero-order valence-electron chi connectivity index (χ0n) is 37.9. The van der Waals surface area contributed by atoms with E-state index in [1.165, 1.54) is 117 Å². The van der Waals surface area contributed by atoms with Gasteiger partial charge in [0.25, 0.3) is 0 Å². The van der Waals surface area contributed by atoms with Crippen LogP contribution in [0.1, 0.15) is 85.2 Å². The Kier molecular flexibility index (Phi) is 9.75. The van der Waals surface area contributed by atoms with E-state index in [4.69, 9.17) is 0 Å². The third-order valence-corrected chi connectivity index (χ3v) is 15.7. The Morgan fingerprint density at radius 2 is 1.00 bits per heavy atom. The highest BCUT2D eigenvalue weighted by Crippen LogP contribution is 2.53. The summed E-state index contributed by atoms with van der Waals surface area (Å²) in [5, 5.41) is 9.22. The van der Waals surface area contributed by atoms with Gasteiger partial charge in [-0.2, -0.15) is 0 Å². The molecule has 3 aliphatic rings. The first-order valence-electron chi connectivity index (χ1n) is 24.6. The highest BCUT2D eigenvalue weighted by atomic mass is 16.1. The average molecular weight is 871 g/mol. The molecule has 0 bridgehead atoms. The van der Waals surface area contributed by atoms with Gasteiger partial charge in [0, 0.05) is 73.4 Å². The van der Waals surface area contributed by atoms with Gasteiger partial charge in [0.2, 0.25) is 0 Å². The lowest BCUT2D eigenvalue weighted by molar-refractivity contribution is 0.103. The van der Waals surface area contributed by atoms with Crippen LogP contribution in [-0.2, 0) is 0 Å². The Balaban J connectivity index is 0.959. The van der Waals surface area contributed by atoms with E-state index in [0.717, 1.165) is 41.2 Å². The minimum absolute atomic E-state index is 0.0600. The zero-order chi connectivity index (χ0) is 44.5. The van der Waals surface area contributed by atoms with Gasteiger partial charge in [-0.25, -0.2) is 0 Å². The fraction of sp³-hybridized carbons (Fsp3) is 0.210. The van der Waals surface area contributed by atoms with Crippen LogP contribution in [0.4, 0.5) is 11.4 Å². The molecule has 8 aromatic carbocycles. The lowest BCUT2D eigenvalue weighted by atomic mass is 9.73. The van der Waals surface area contributed by atoms with Crippen LogP contribution in [0, 0.1) is 0 Å². The van der Waals surface area contributed by atoms with Crippen molar-refractivity contribution in [3.05, 3.63) is 205 Å². The molecule has 13 rings (SSSR count). The third kappa shape index (κ3) is 6.73. The van der Waals surface area contributed by atoms with Crippen LogP contribution in [0.15, 0.2) is 188 Å². The maximum Gasteiger partial charge on any atom is 0.193 e. The van der Waals surface area contributed by atoms with E-state index in [1.54, 1.807) is 0 Å². The van der Waals surface area contributed by atoms with E-state index >= 15 is 0 Å². The van der Waals surface area contributed by atoms with Crippen molar-refractivity contribution in [2.24, 2.45) is 0 Å². The minimum Gasteiger partial charge on any atom is -0.336 e. The molecule has 2 aliphatic heterocycles. The number of rotatable bonds is 6. The molecule has 10 aromatic rings. The second-order valence-corrected chi connectivity index (χ2v) is 19.5. The van der Waals surface area contributed by atoms with Gasteiger partial charge in [-0.15, -0.1) is 0 Å². The maximum absolute atomic E-state index is 13.5. The Labute approximate surface area is 392 Å². The predicted octanol–water partition coefficient (Wildman–Crippen LogP) is 15.2. The number of aromatic nitrogens is 2. The van der Waals surface area contributed by atoms with Gasteiger partial charge in [-0.05, 0) is 127 Å². The number of carbonyl (C=O) groups excluding carboxylic acids is 1. The summed E-state index contributed by atoms with van der Waals surface area (Å²) in [4.78, 5) is 16.1. The zero-order valence-corrected chi connectivity index (χ0v) is 37.9. The van der Waals surface area contributed by atoms with Crippen LogP contribution in [0.2, 0.25) is 0 Å². The quantitative estimate of drug-likeness (QED) is 0.169. The molecule has 0 amide bonds. The van der Waals surface area contributed by atoms with E-state index in [9.17, 15) is 4.79 Å². The molecule has 328 valence electrons. The van der Waals surface area contributed by atoms with Crippen molar-refractivity contribution >= 4 is 60.8 Å². The maximum atomic E-state index is 13.5. The standard InChI is InChI=1S/C62H54N4O/c67-61(42-18-8-5-9-19-42)43-26-30-48(31-27-43)66-57-33-29-45(37-51(57)54-40-62(63-41-60(54)66)34-16-3-1-2-4-17-35-62)44-28-32-56-50(36-44)53-39-58-52(38-59(53)65(56)47-22-12-7-13-23-47)49-24-14-15-25-55(49)64(58)46-20-10-6-11-21-46/h5-15,18-33,36-39,54,60,63H,1-4,16-17,34-35,40-41H2. The summed E-state index contributed by atoms with van der Waals surface area (Å²) in [6, 6.07) is 68.1. The normalized spacial score (nSPS) is 18.2. The van der Waals surface area contributed by atoms with Crippen LogP contribution in [-0.4, -0.2) is 33.0 Å². The first-order chi connectivity index (χ1) is 33.1. The van der Waals surface area contributed by atoms with Crippen molar-refractivity contribution in [2.75, 3.05) is 11.4 Å². The summed E-state index contributed by atoms with van der Waals surface area (Å²) >= 11 is 0. The number of piperidine rings is 1. The van der Waals surface area contributed by atoms with Crippen molar-refractivity contribution in [1.29, 1.82) is 0 Å². The molecule has 67 heavy (non-hydrogen) atoms. The summed E-state index contributed by atoms with van der Waals surface area (Å²) in [6.45, 7) is 0.943. The highest BCUT2D eigenvalue weighted by Gasteiger charge is 2.48. The summed E-state index contributed by atoms with van der Waals surface area (Å²) in [7, 11) is 0. The first kappa shape index (κ1) is 40.1. The molecular formula is C62H54N4O. The summed E-state index contributed by atoms with van der Waals surface area (Å²) < 4.78 is 4.89. The number of anilines is 2. The molecule has 0 radical (unpaired) electrons. The van der Waals surface area contributed by atoms with Crippen molar-refractivity contribution in [3.8, 4) is 22.5 Å². The van der Waals surface area contributed by atoms with Gasteiger partial charge in [0.15, 0.2) is 5.78 Å². The number of para-hydroxylation sites is 3. The SMILES string of the molecule is O=C(c1ccccc1)c1ccc(N2c3ccc(-c4ccc5c(c4)c4cc6c(cc4n5-c4ccccc4)c4ccccc4n6-c4ccccc4)cc3C3CC4(CCCCCCCC4)NCC32)cc1. The molecule has 4 heterocycles. The van der Waals surface area contributed by atoms with Crippen LogP contribution >= 0.6 is 0 Å². The number of ketones is 1. The molecular weight excluding hydrogens is 817 g/mol. The fourth-order valence-corrected chi connectivity index (χ4v) is 12.5. The number of hydrogen-bond donors (Lipinski definition) is 1. The lowest BCUT2D eigenvalue weighted by Crippen LogP contribution is -2.57. The van der Waals surface area contributed by atoms with Crippen LogP contribution < -0.4 is 10.2 Å². The number of fused-ring (bicyclic) bond motifs is 9. The number of hydrogen-bond acceptors (Lipinski definition) is 3. The molecule has 5 heteroatoms. The molecule has 1 spiro atoms. The van der Waals surface area contributed by atoms with Crippen LogP contribution in [0.25, 0.3) is 66.1 Å². The van der Waals surface area contributed by atoms with Crippen molar-refractivity contribution < 1.29 is 4.79 Å². The monoisotopic (exact) mass is 870 g/mol. The van der Waals surface area contributed by atoms with Gasteiger partial charge in [-0.3, -0.25) is 4.79 Å². The largest absolute Gasteiger partial charge is 0.336 e. The van der Waals surface area contributed by atoms with E-state index in [0.29, 0.717) is 5.92 Å². The molecule has 2 atom stereocenters. The average Bonchev–Trinajstić information content (AvgIpc) is 4.03. The van der Waals surface area contributed by atoms with Gasteiger partial charge in [0.05, 0.1) is 28.1 Å². The Morgan fingerprint density at radius 3 is 1.69 bits per heavy atom. The third-order valence-electron chi connectivity index (χ3n) is 15.7. The van der Waals surface area contributed by atoms with E-state index in [1.807, 2.05) is 42.5 Å². The van der Waals surface area contributed by atoms with Crippen molar-refractivity contribution in [2.45, 2.75) is 75.3 Å². The second kappa shape index (κ2) is 16.3. The summed E-state index contributed by atoms with van der Waals surface area (Å²) in [6.07, 6.45) is 11.6. The molecule has 1 saturated heterocycles. The molecule has 2 unspecified atom stereocenters. The van der Waals surface area contributed by atoms with Crippen LogP contribution in [0.3, 0.4) is 0 Å². The fourth-order valence-electron chi connectivity index (χ4n) is 12.5. The number of benzene rings is 8. The Bertz CT molecular complexity index is 3470. The molecule has 1 N–H and O–H groups in total. The number of nitrogens with zero attached hydrogens (tertiary/aromatic N) is 3. The van der Waals surface area contributed by atoms with E-state index < -0.39 is 0 Å². The topological polar surface area (TPSA) is 42.2 Å². The van der Waals surface area contributed by atoms with Crippen LogP contribution in [0.5, 0.6) is 0 Å². The highest BCUT2D eigenvalue weighted by molar-refractivity contribution is 6.19. The minimum atomic E-state index is 0.0600. The van der Waals surface area contributed by atoms with E-state index in [2.05, 4.69) is 165 Å². The van der Waals surface area contributed by atoms with Gasteiger partial charge >= 0.3 is 0 Å². The molecule has 1 saturated carbocycles. The molecule has 5 nitrogen and oxygen atoms in total. The number of nitrogens with one attached hydrogen (secondary N) is 1. The van der Waals surface area contributed by atoms with Gasteiger partial charge in [-0.1, -0.05) is 136 Å². The lowest BCUT2D eigenvalue weighted by Gasteiger charge is -2.46. The molecule has 2 fully saturated rings. The molecule has 1 aliphatic carbocycles.